The van der Waals surface area contributed by atoms with Crippen LogP contribution in [0, 0.1) is 0 Å². The van der Waals surface area contributed by atoms with E-state index in [9.17, 15) is 0 Å². The van der Waals surface area contributed by atoms with Gasteiger partial charge in [-0.3, -0.25) is 0 Å². The second-order valence-corrected chi connectivity index (χ2v) is 6.98. The minimum Gasteiger partial charge on any atom is -0.368 e. The van der Waals surface area contributed by atoms with Crippen molar-refractivity contribution in [1.29, 1.82) is 0 Å². The molecule has 0 atom stereocenters. The van der Waals surface area contributed by atoms with E-state index in [0.29, 0.717) is 0 Å². The van der Waals surface area contributed by atoms with Crippen LogP contribution in [-0.2, 0) is 0 Å². The van der Waals surface area contributed by atoms with E-state index in [-0.39, 0.29) is 0 Å². The minimum atomic E-state index is 1.06. The van der Waals surface area contributed by atoms with Gasteiger partial charge in [0, 0.05) is 37.3 Å². The Morgan fingerprint density at radius 3 is 2.23 bits per heavy atom. The molecule has 4 aromatic carbocycles. The molecule has 1 fully saturated rings. The lowest BCUT2D eigenvalue weighted by Gasteiger charge is -2.31. The van der Waals surface area contributed by atoms with Crippen molar-refractivity contribution in [2.24, 2.45) is 0 Å². The molecule has 5 rings (SSSR count). The first-order valence-electron chi connectivity index (χ1n) is 9.37. The Labute approximate surface area is 154 Å². The number of rotatable bonds is 2. The summed E-state index contributed by atoms with van der Waals surface area (Å²) in [7, 11) is 0. The van der Waals surface area contributed by atoms with Crippen molar-refractivity contribution in [3.63, 3.8) is 0 Å². The van der Waals surface area contributed by atoms with Gasteiger partial charge in [-0.05, 0) is 39.4 Å². The van der Waals surface area contributed by atoms with Gasteiger partial charge in [-0.15, -0.1) is 0 Å². The van der Waals surface area contributed by atoms with Crippen LogP contribution < -0.4 is 10.2 Å². The molecule has 0 spiro atoms. The van der Waals surface area contributed by atoms with Gasteiger partial charge in [-0.25, -0.2) is 0 Å². The Morgan fingerprint density at radius 2 is 1.38 bits per heavy atom. The van der Waals surface area contributed by atoms with E-state index in [1.54, 1.807) is 0 Å². The third-order valence-electron chi connectivity index (χ3n) is 5.42. The Kier molecular flexibility index (Phi) is 3.84. The average molecular weight is 338 g/mol. The van der Waals surface area contributed by atoms with E-state index in [2.05, 4.69) is 89.1 Å². The number of piperazine rings is 1. The highest BCUT2D eigenvalue weighted by atomic mass is 15.2. The van der Waals surface area contributed by atoms with Gasteiger partial charge in [0.05, 0.1) is 0 Å². The van der Waals surface area contributed by atoms with Gasteiger partial charge in [-0.2, -0.15) is 0 Å². The van der Waals surface area contributed by atoms with Gasteiger partial charge in [0.2, 0.25) is 0 Å². The predicted octanol–water partition coefficient (Wildman–Crippen LogP) is 5.07. The first-order valence-corrected chi connectivity index (χ1v) is 9.37. The number of hydrogen-bond acceptors (Lipinski definition) is 2. The van der Waals surface area contributed by atoms with Crippen LogP contribution >= 0.6 is 0 Å². The Bertz CT molecular complexity index is 1080. The fraction of sp³-hybridized carbons (Fsp3) is 0.167. The Balaban J connectivity index is 1.68. The van der Waals surface area contributed by atoms with Crippen molar-refractivity contribution in [1.82, 2.24) is 5.32 Å². The molecule has 1 N–H and O–H groups in total. The van der Waals surface area contributed by atoms with E-state index in [1.807, 2.05) is 0 Å². The lowest BCUT2D eigenvalue weighted by atomic mass is 9.95. The molecule has 0 saturated carbocycles. The van der Waals surface area contributed by atoms with E-state index in [1.165, 1.54) is 38.4 Å². The topological polar surface area (TPSA) is 15.3 Å². The van der Waals surface area contributed by atoms with E-state index < -0.39 is 0 Å². The van der Waals surface area contributed by atoms with Crippen LogP contribution in [0.2, 0.25) is 0 Å². The first-order chi connectivity index (χ1) is 12.9. The molecule has 1 aliphatic heterocycles. The number of nitrogens with zero attached hydrogens (tertiary/aromatic N) is 1. The molecular formula is C24H22N2. The van der Waals surface area contributed by atoms with E-state index in [4.69, 9.17) is 0 Å². The van der Waals surface area contributed by atoms with Gasteiger partial charge in [0.15, 0.2) is 0 Å². The van der Waals surface area contributed by atoms with Crippen LogP contribution in [0.25, 0.3) is 32.7 Å². The molecule has 1 heterocycles. The number of fused-ring (bicyclic) bond motifs is 2. The van der Waals surface area contributed by atoms with Crippen LogP contribution in [-0.4, -0.2) is 26.2 Å². The van der Waals surface area contributed by atoms with Crippen molar-refractivity contribution in [2.45, 2.75) is 0 Å². The van der Waals surface area contributed by atoms with Crippen molar-refractivity contribution in [2.75, 3.05) is 31.1 Å². The maximum atomic E-state index is 3.45. The normalized spacial score (nSPS) is 14.8. The molecule has 1 aliphatic rings. The minimum absolute atomic E-state index is 1.06. The van der Waals surface area contributed by atoms with Crippen LogP contribution in [0.1, 0.15) is 0 Å². The van der Waals surface area contributed by atoms with Gasteiger partial charge in [-0.1, -0.05) is 66.7 Å². The SMILES string of the molecule is c1ccc2cc(-c3ccc(N4CCNCC4)c4ccccc34)ccc2c1. The van der Waals surface area contributed by atoms with Crippen LogP contribution in [0.4, 0.5) is 5.69 Å². The third kappa shape index (κ3) is 2.63. The Hall–Kier alpha value is -2.84. The summed E-state index contributed by atoms with van der Waals surface area (Å²) >= 11 is 0. The van der Waals surface area contributed by atoms with Crippen LogP contribution in [0.5, 0.6) is 0 Å². The van der Waals surface area contributed by atoms with E-state index >= 15 is 0 Å². The molecule has 0 radical (unpaired) electrons. The lowest BCUT2D eigenvalue weighted by molar-refractivity contribution is 0.590. The molecule has 0 amide bonds. The summed E-state index contributed by atoms with van der Waals surface area (Å²) in [5, 5.41) is 8.71. The molecule has 0 aromatic heterocycles. The summed E-state index contributed by atoms with van der Waals surface area (Å²) in [5.74, 6) is 0. The molecule has 0 bridgehead atoms. The summed E-state index contributed by atoms with van der Waals surface area (Å²) in [6, 6.07) is 28.8. The molecule has 2 heteroatoms. The molecular weight excluding hydrogens is 316 g/mol. The average Bonchev–Trinajstić information content (AvgIpc) is 2.73. The van der Waals surface area contributed by atoms with Gasteiger partial charge in [0.1, 0.15) is 0 Å². The van der Waals surface area contributed by atoms with Gasteiger partial charge >= 0.3 is 0 Å². The largest absolute Gasteiger partial charge is 0.368 e. The second kappa shape index (κ2) is 6.47. The second-order valence-electron chi connectivity index (χ2n) is 6.98. The zero-order valence-corrected chi connectivity index (χ0v) is 14.8. The first kappa shape index (κ1) is 15.4. The van der Waals surface area contributed by atoms with E-state index in [0.717, 1.165) is 26.2 Å². The molecule has 0 unspecified atom stereocenters. The molecule has 128 valence electrons. The number of nitrogens with one attached hydrogen (secondary N) is 1. The maximum absolute atomic E-state index is 3.45. The summed E-state index contributed by atoms with van der Waals surface area (Å²) in [6.07, 6.45) is 0. The highest BCUT2D eigenvalue weighted by Gasteiger charge is 2.15. The summed E-state index contributed by atoms with van der Waals surface area (Å²) in [6.45, 7) is 4.25. The van der Waals surface area contributed by atoms with Crippen molar-refractivity contribution < 1.29 is 0 Å². The predicted molar refractivity (Wildman–Crippen MR) is 112 cm³/mol. The standard InChI is InChI=1S/C24H22N2/c1-2-6-19-17-20(10-9-18(19)5-1)21-11-12-24(26-15-13-25-14-16-26)23-8-4-3-7-22(21)23/h1-12,17,25H,13-16H2. The molecule has 4 aromatic rings. The lowest BCUT2D eigenvalue weighted by Crippen LogP contribution is -2.43. The quantitative estimate of drug-likeness (QED) is 0.549. The maximum Gasteiger partial charge on any atom is 0.0447 e. The summed E-state index contributed by atoms with van der Waals surface area (Å²) in [4.78, 5) is 2.50. The Morgan fingerprint density at radius 1 is 0.654 bits per heavy atom. The van der Waals surface area contributed by atoms with Crippen molar-refractivity contribution in [3.05, 3.63) is 78.9 Å². The number of benzene rings is 4. The fourth-order valence-electron chi connectivity index (χ4n) is 4.07. The highest BCUT2D eigenvalue weighted by Crippen LogP contribution is 2.36. The molecule has 26 heavy (non-hydrogen) atoms. The fourth-order valence-corrected chi connectivity index (χ4v) is 4.07. The van der Waals surface area contributed by atoms with Crippen molar-refractivity contribution >= 4 is 27.2 Å². The number of anilines is 1. The zero-order chi connectivity index (χ0) is 17.3. The van der Waals surface area contributed by atoms with Gasteiger partial charge in [0.25, 0.3) is 0 Å². The summed E-state index contributed by atoms with van der Waals surface area (Å²) in [5.41, 5.74) is 3.95. The van der Waals surface area contributed by atoms with Crippen molar-refractivity contribution in [3.8, 4) is 11.1 Å². The molecule has 2 nitrogen and oxygen atoms in total. The summed E-state index contributed by atoms with van der Waals surface area (Å²) < 4.78 is 0. The van der Waals surface area contributed by atoms with Gasteiger partial charge < -0.3 is 10.2 Å². The molecule has 1 saturated heterocycles. The number of hydrogen-bond donors (Lipinski definition) is 1. The zero-order valence-electron chi connectivity index (χ0n) is 14.8. The smallest absolute Gasteiger partial charge is 0.0447 e. The monoisotopic (exact) mass is 338 g/mol. The van der Waals surface area contributed by atoms with Crippen LogP contribution in [0.3, 0.4) is 0 Å². The van der Waals surface area contributed by atoms with Crippen LogP contribution in [0.15, 0.2) is 78.9 Å². The third-order valence-corrected chi connectivity index (χ3v) is 5.42. The molecule has 0 aliphatic carbocycles. The highest BCUT2D eigenvalue weighted by molar-refractivity contribution is 6.04.